The molecule has 32 heavy (non-hydrogen) atoms. The molecule has 0 saturated heterocycles. The number of aromatic nitrogens is 2. The predicted molar refractivity (Wildman–Crippen MR) is 131 cm³/mol. The van der Waals surface area contributed by atoms with Gasteiger partial charge in [-0.25, -0.2) is 4.98 Å². The maximum Gasteiger partial charge on any atom is 0.251 e. The summed E-state index contributed by atoms with van der Waals surface area (Å²) in [6.45, 7) is 4.43. The van der Waals surface area contributed by atoms with Crippen LogP contribution in [0.25, 0.3) is 11.0 Å². The third kappa shape index (κ3) is 4.91. The van der Waals surface area contributed by atoms with E-state index in [-0.39, 0.29) is 18.6 Å². The largest absolute Gasteiger partial charge is 0.394 e. The molecule has 3 aromatic rings. The number of aliphatic hydroxyl groups is 1. The first-order valence-electron chi connectivity index (χ1n) is 12.1. The second kappa shape index (κ2) is 10.6. The topological polar surface area (TPSA) is 67.2 Å². The Labute approximate surface area is 194 Å². The van der Waals surface area contributed by atoms with Crippen LogP contribution < -0.4 is 5.32 Å². The standard InChI is InChI=1S/C26H35N3O2S/c1-3-20(4-2)29-24-13-12-19(15-22(24)27-25(29)16-21-11-8-14-32-21)26(31)28-23(17-30)18-9-6-5-7-10-18/h8,11-15,18,20,23,30H,3-7,9-10,16-17H2,1-2H3,(H,28,31)/t23-/m1/s1. The summed E-state index contributed by atoms with van der Waals surface area (Å²) in [7, 11) is 0. The molecule has 0 radical (unpaired) electrons. The highest BCUT2D eigenvalue weighted by atomic mass is 32.1. The molecule has 0 spiro atoms. The molecule has 1 aromatic carbocycles. The summed E-state index contributed by atoms with van der Waals surface area (Å²) < 4.78 is 2.37. The molecule has 0 aliphatic heterocycles. The molecule has 1 aliphatic rings. The second-order valence-corrected chi connectivity index (χ2v) is 10.0. The van der Waals surface area contributed by atoms with Gasteiger partial charge in [0.1, 0.15) is 5.82 Å². The van der Waals surface area contributed by atoms with Crippen LogP contribution in [-0.4, -0.2) is 33.2 Å². The van der Waals surface area contributed by atoms with Crippen molar-refractivity contribution in [2.24, 2.45) is 5.92 Å². The molecule has 2 aromatic heterocycles. The van der Waals surface area contributed by atoms with E-state index in [2.05, 4.69) is 41.2 Å². The number of carbonyl (C=O) groups excluding carboxylic acids is 1. The van der Waals surface area contributed by atoms with Gasteiger partial charge in [-0.05, 0) is 61.2 Å². The Morgan fingerprint density at radius 1 is 1.22 bits per heavy atom. The minimum Gasteiger partial charge on any atom is -0.394 e. The number of rotatable bonds is 9. The number of imidazole rings is 1. The van der Waals surface area contributed by atoms with Crippen molar-refractivity contribution < 1.29 is 9.90 Å². The van der Waals surface area contributed by atoms with Crippen LogP contribution in [0.1, 0.15) is 85.9 Å². The summed E-state index contributed by atoms with van der Waals surface area (Å²) in [6, 6.07) is 10.3. The lowest BCUT2D eigenvalue weighted by Gasteiger charge is -2.29. The van der Waals surface area contributed by atoms with Gasteiger partial charge in [-0.2, -0.15) is 0 Å². The summed E-state index contributed by atoms with van der Waals surface area (Å²) in [5.41, 5.74) is 2.57. The number of amides is 1. The highest BCUT2D eigenvalue weighted by Crippen LogP contribution is 2.29. The first-order chi connectivity index (χ1) is 15.6. The van der Waals surface area contributed by atoms with E-state index < -0.39 is 0 Å². The average molecular weight is 454 g/mol. The monoisotopic (exact) mass is 453 g/mol. The zero-order chi connectivity index (χ0) is 22.5. The van der Waals surface area contributed by atoms with Gasteiger partial charge in [-0.15, -0.1) is 11.3 Å². The SMILES string of the molecule is CCC(CC)n1c(Cc2cccs2)nc2cc(C(=O)N[C@H](CO)C3CCCCC3)ccc21. The van der Waals surface area contributed by atoms with Crippen molar-refractivity contribution in [3.63, 3.8) is 0 Å². The van der Waals surface area contributed by atoms with Gasteiger partial charge < -0.3 is 15.0 Å². The summed E-state index contributed by atoms with van der Waals surface area (Å²) >= 11 is 1.75. The molecule has 1 saturated carbocycles. The van der Waals surface area contributed by atoms with Gasteiger partial charge in [-0.1, -0.05) is 39.2 Å². The summed E-state index contributed by atoms with van der Waals surface area (Å²) in [4.78, 5) is 19.3. The quantitative estimate of drug-likeness (QED) is 0.435. The molecule has 1 amide bonds. The zero-order valence-corrected chi connectivity index (χ0v) is 20.0. The van der Waals surface area contributed by atoms with Gasteiger partial charge in [0.25, 0.3) is 5.91 Å². The lowest BCUT2D eigenvalue weighted by Crippen LogP contribution is -2.43. The van der Waals surface area contributed by atoms with E-state index in [4.69, 9.17) is 4.98 Å². The molecule has 0 bridgehead atoms. The maximum atomic E-state index is 13.0. The number of hydrogen-bond acceptors (Lipinski definition) is 4. The molecule has 2 heterocycles. The summed E-state index contributed by atoms with van der Waals surface area (Å²) in [5.74, 6) is 1.31. The lowest BCUT2D eigenvalue weighted by molar-refractivity contribution is 0.0871. The number of carbonyl (C=O) groups is 1. The van der Waals surface area contributed by atoms with E-state index in [1.165, 1.54) is 24.1 Å². The molecule has 172 valence electrons. The summed E-state index contributed by atoms with van der Waals surface area (Å²) in [5, 5.41) is 15.1. The Morgan fingerprint density at radius 2 is 2.00 bits per heavy atom. The Bertz CT molecular complexity index is 1020. The first-order valence-corrected chi connectivity index (χ1v) is 13.0. The van der Waals surface area contributed by atoms with Crippen molar-refractivity contribution in [3.8, 4) is 0 Å². The second-order valence-electron chi connectivity index (χ2n) is 8.99. The first kappa shape index (κ1) is 23.0. The average Bonchev–Trinajstić information content (AvgIpc) is 3.46. The molecule has 1 fully saturated rings. The van der Waals surface area contributed by atoms with Gasteiger partial charge in [0.05, 0.1) is 23.7 Å². The van der Waals surface area contributed by atoms with Crippen molar-refractivity contribution in [1.29, 1.82) is 0 Å². The van der Waals surface area contributed by atoms with E-state index in [1.54, 1.807) is 11.3 Å². The molecular formula is C26H35N3O2S. The number of benzene rings is 1. The van der Waals surface area contributed by atoms with Crippen LogP contribution in [0, 0.1) is 5.92 Å². The molecule has 1 aliphatic carbocycles. The van der Waals surface area contributed by atoms with Crippen LogP contribution in [0.4, 0.5) is 0 Å². The zero-order valence-electron chi connectivity index (χ0n) is 19.2. The van der Waals surface area contributed by atoms with E-state index in [9.17, 15) is 9.90 Å². The number of nitrogens with zero attached hydrogens (tertiary/aromatic N) is 2. The smallest absolute Gasteiger partial charge is 0.251 e. The van der Waals surface area contributed by atoms with Crippen LogP contribution in [0.2, 0.25) is 0 Å². The third-order valence-electron chi connectivity index (χ3n) is 6.98. The van der Waals surface area contributed by atoms with Crippen LogP contribution in [0.15, 0.2) is 35.7 Å². The number of thiophene rings is 1. The number of nitrogens with one attached hydrogen (secondary N) is 1. The number of fused-ring (bicyclic) bond motifs is 1. The molecule has 0 unspecified atom stereocenters. The van der Waals surface area contributed by atoms with Gasteiger partial charge in [-0.3, -0.25) is 4.79 Å². The molecule has 6 heteroatoms. The van der Waals surface area contributed by atoms with Crippen LogP contribution in [0.5, 0.6) is 0 Å². The third-order valence-corrected chi connectivity index (χ3v) is 7.85. The number of hydrogen-bond donors (Lipinski definition) is 2. The van der Waals surface area contributed by atoms with Crippen molar-refractivity contribution in [2.45, 2.75) is 77.3 Å². The normalized spacial score (nSPS) is 16.0. The molecular weight excluding hydrogens is 418 g/mol. The van der Waals surface area contributed by atoms with Gasteiger partial charge in [0.15, 0.2) is 0 Å². The maximum absolute atomic E-state index is 13.0. The predicted octanol–water partition coefficient (Wildman–Crippen LogP) is 5.72. The Kier molecular flexibility index (Phi) is 7.63. The molecule has 1 atom stereocenters. The molecule has 2 N–H and O–H groups in total. The van der Waals surface area contributed by atoms with Gasteiger partial charge in [0.2, 0.25) is 0 Å². The highest BCUT2D eigenvalue weighted by molar-refractivity contribution is 7.09. The van der Waals surface area contributed by atoms with Gasteiger partial charge in [0, 0.05) is 22.9 Å². The van der Waals surface area contributed by atoms with Crippen LogP contribution in [-0.2, 0) is 6.42 Å². The van der Waals surface area contributed by atoms with Crippen LogP contribution >= 0.6 is 11.3 Å². The van der Waals surface area contributed by atoms with Crippen molar-refractivity contribution in [1.82, 2.24) is 14.9 Å². The molecule has 5 nitrogen and oxygen atoms in total. The van der Waals surface area contributed by atoms with E-state index in [0.717, 1.165) is 49.0 Å². The fraction of sp³-hybridized carbons (Fsp3) is 0.538. The minimum atomic E-state index is -0.171. The van der Waals surface area contributed by atoms with Gasteiger partial charge >= 0.3 is 0 Å². The summed E-state index contributed by atoms with van der Waals surface area (Å²) in [6.07, 6.45) is 8.67. The minimum absolute atomic E-state index is 0.00702. The molecule has 4 rings (SSSR count). The van der Waals surface area contributed by atoms with E-state index >= 15 is 0 Å². The Morgan fingerprint density at radius 3 is 2.66 bits per heavy atom. The van der Waals surface area contributed by atoms with Crippen molar-refractivity contribution in [3.05, 3.63) is 52.0 Å². The Balaban J connectivity index is 1.62. The highest BCUT2D eigenvalue weighted by Gasteiger charge is 2.25. The van der Waals surface area contributed by atoms with E-state index in [0.29, 0.717) is 17.5 Å². The van der Waals surface area contributed by atoms with Crippen molar-refractivity contribution >= 4 is 28.3 Å². The lowest BCUT2D eigenvalue weighted by atomic mass is 9.84. The Hall–Kier alpha value is -2.18. The fourth-order valence-corrected chi connectivity index (χ4v) is 5.85. The van der Waals surface area contributed by atoms with Crippen LogP contribution in [0.3, 0.4) is 0 Å². The van der Waals surface area contributed by atoms with Crippen molar-refractivity contribution in [2.75, 3.05) is 6.61 Å². The van der Waals surface area contributed by atoms with E-state index in [1.807, 2.05) is 18.2 Å². The number of aliphatic hydroxyl groups excluding tert-OH is 1. The fourth-order valence-electron chi connectivity index (χ4n) is 5.15.